The predicted octanol–water partition coefficient (Wildman–Crippen LogP) is 3.73. The molecule has 0 radical (unpaired) electrons. The van der Waals surface area contributed by atoms with Crippen LogP contribution in [0.25, 0.3) is 0 Å². The van der Waals surface area contributed by atoms with Gasteiger partial charge >= 0.3 is 0 Å². The van der Waals surface area contributed by atoms with E-state index in [1.54, 1.807) is 0 Å². The number of carbonyl (C=O) groups is 1. The fourth-order valence-corrected chi connectivity index (χ4v) is 4.32. The summed E-state index contributed by atoms with van der Waals surface area (Å²) < 4.78 is 12.2. The summed E-state index contributed by atoms with van der Waals surface area (Å²) in [5, 5.41) is 8.97. The van der Waals surface area contributed by atoms with Crippen molar-refractivity contribution < 1.29 is 19.4 Å². The van der Waals surface area contributed by atoms with Crippen molar-refractivity contribution in [3.63, 3.8) is 0 Å². The van der Waals surface area contributed by atoms with E-state index in [4.69, 9.17) is 19.6 Å². The van der Waals surface area contributed by atoms with E-state index in [0.29, 0.717) is 37.1 Å². The number of nitrogens with one attached hydrogen (secondary N) is 2. The van der Waals surface area contributed by atoms with Crippen molar-refractivity contribution in [2.45, 2.75) is 43.4 Å². The maximum absolute atomic E-state index is 13.9. The Morgan fingerprint density at radius 2 is 1.69 bits per heavy atom. The third-order valence-corrected chi connectivity index (χ3v) is 6.42. The molecule has 7 heteroatoms. The number of hydrogen-bond acceptors (Lipinski definition) is 6. The maximum Gasteiger partial charge on any atom is 0.266 e. The Kier molecular flexibility index (Phi) is 7.30. The number of benzene rings is 3. The van der Waals surface area contributed by atoms with Gasteiger partial charge in [-0.25, -0.2) is 10.4 Å². The van der Waals surface area contributed by atoms with Crippen LogP contribution in [-0.2, 0) is 16.0 Å². The first-order chi connectivity index (χ1) is 17.7. The monoisotopic (exact) mass is 485 g/mol. The summed E-state index contributed by atoms with van der Waals surface area (Å²) >= 11 is 0. The van der Waals surface area contributed by atoms with Gasteiger partial charge in [0.05, 0.1) is 6.61 Å². The smallest absolute Gasteiger partial charge is 0.266 e. The van der Waals surface area contributed by atoms with E-state index >= 15 is 0 Å². The van der Waals surface area contributed by atoms with Crippen molar-refractivity contribution in [1.29, 1.82) is 0 Å². The minimum atomic E-state index is -1.20. The van der Waals surface area contributed by atoms with Crippen molar-refractivity contribution in [2.24, 2.45) is 4.99 Å². The highest BCUT2D eigenvalue weighted by molar-refractivity contribution is 6.01. The molecule has 3 aromatic rings. The summed E-state index contributed by atoms with van der Waals surface area (Å²) in [6, 6.07) is 27.5. The van der Waals surface area contributed by atoms with Gasteiger partial charge in [0.2, 0.25) is 5.90 Å². The molecule has 0 aromatic heterocycles. The van der Waals surface area contributed by atoms with Gasteiger partial charge in [-0.2, -0.15) is 0 Å². The van der Waals surface area contributed by atoms with Crippen molar-refractivity contribution in [1.82, 2.24) is 10.9 Å². The molecular weight excluding hydrogens is 454 g/mol. The van der Waals surface area contributed by atoms with Gasteiger partial charge in [-0.1, -0.05) is 60.7 Å². The van der Waals surface area contributed by atoms with E-state index in [2.05, 4.69) is 10.9 Å². The number of aliphatic imine (C=N–C) groups is 1. The lowest BCUT2D eigenvalue weighted by molar-refractivity contribution is -0.130. The van der Waals surface area contributed by atoms with Crippen molar-refractivity contribution in [3.05, 3.63) is 102 Å². The van der Waals surface area contributed by atoms with Crippen LogP contribution in [-0.4, -0.2) is 41.7 Å². The molecule has 2 aliphatic rings. The zero-order valence-electron chi connectivity index (χ0n) is 20.1. The Hall–Kier alpha value is -3.68. The van der Waals surface area contributed by atoms with Crippen molar-refractivity contribution in [3.8, 4) is 5.75 Å². The normalized spacial score (nSPS) is 20.9. The molecule has 3 N–H and O–H groups in total. The quantitative estimate of drug-likeness (QED) is 0.284. The Morgan fingerprint density at radius 3 is 2.36 bits per heavy atom. The molecule has 1 saturated carbocycles. The second kappa shape index (κ2) is 10.9. The minimum Gasteiger partial charge on any atom is -0.494 e. The van der Waals surface area contributed by atoms with Gasteiger partial charge in [-0.3, -0.25) is 10.2 Å². The lowest BCUT2D eigenvalue weighted by atomic mass is 9.82. The third kappa shape index (κ3) is 5.42. The van der Waals surface area contributed by atoms with Gasteiger partial charge < -0.3 is 14.6 Å². The zero-order valence-corrected chi connectivity index (χ0v) is 20.1. The van der Waals surface area contributed by atoms with Crippen LogP contribution >= 0.6 is 0 Å². The van der Waals surface area contributed by atoms with Crippen LogP contribution < -0.4 is 15.6 Å². The minimum absolute atomic E-state index is 0.0881. The standard InChI is InChI=1S/C29H31N3O4/c33-18-7-19-35-25-16-12-23(13-17-25)27-30-29(20-21-8-3-1-4-9-21,28(34)32-31-24-14-15-24)26(36-27)22-10-5-2-6-11-22/h1-6,8-13,16-17,24,26,31,33H,7,14-15,18-20H2,(H,32,34)/t26-,29-/m0/s1. The van der Waals surface area contributed by atoms with Crippen molar-refractivity contribution in [2.75, 3.05) is 13.2 Å². The highest BCUT2D eigenvalue weighted by Crippen LogP contribution is 2.42. The molecule has 5 rings (SSSR count). The first-order valence-electron chi connectivity index (χ1n) is 12.4. The van der Waals surface area contributed by atoms with Gasteiger partial charge in [0.25, 0.3) is 5.91 Å². The van der Waals surface area contributed by atoms with Crippen LogP contribution in [0.2, 0.25) is 0 Å². The third-order valence-electron chi connectivity index (χ3n) is 6.42. The molecule has 1 amide bonds. The number of carbonyl (C=O) groups excluding carboxylic acids is 1. The highest BCUT2D eigenvalue weighted by atomic mass is 16.5. The number of amides is 1. The Bertz CT molecular complexity index is 1180. The fourth-order valence-electron chi connectivity index (χ4n) is 4.32. The first kappa shape index (κ1) is 24.0. The Labute approximate surface area is 211 Å². The zero-order chi connectivity index (χ0) is 24.8. The van der Waals surface area contributed by atoms with Crippen LogP contribution in [0.15, 0.2) is 89.9 Å². The van der Waals surface area contributed by atoms with Crippen LogP contribution in [0.4, 0.5) is 0 Å². The molecular formula is C29H31N3O4. The van der Waals surface area contributed by atoms with Crippen LogP contribution in [0.5, 0.6) is 5.75 Å². The van der Waals surface area contributed by atoms with Gasteiger partial charge in [0.1, 0.15) is 5.75 Å². The number of aliphatic hydroxyl groups is 1. The van der Waals surface area contributed by atoms with E-state index < -0.39 is 11.6 Å². The molecule has 2 atom stereocenters. The largest absolute Gasteiger partial charge is 0.494 e. The average Bonchev–Trinajstić information content (AvgIpc) is 3.68. The summed E-state index contributed by atoms with van der Waals surface area (Å²) in [5.74, 6) is 0.904. The van der Waals surface area contributed by atoms with E-state index in [1.165, 1.54) is 0 Å². The summed E-state index contributed by atoms with van der Waals surface area (Å²) in [6.45, 7) is 0.530. The fraction of sp³-hybridized carbons (Fsp3) is 0.310. The second-order valence-corrected chi connectivity index (χ2v) is 9.23. The first-order valence-corrected chi connectivity index (χ1v) is 12.4. The average molecular weight is 486 g/mol. The molecule has 0 bridgehead atoms. The number of rotatable bonds is 11. The van der Waals surface area contributed by atoms with Gasteiger partial charge in [0.15, 0.2) is 11.6 Å². The molecule has 1 aliphatic carbocycles. The molecule has 1 heterocycles. The summed E-state index contributed by atoms with van der Waals surface area (Å²) in [5.41, 5.74) is 7.54. The van der Waals surface area contributed by atoms with Gasteiger partial charge in [0, 0.05) is 31.1 Å². The molecule has 1 fully saturated rings. The topological polar surface area (TPSA) is 92.2 Å². The second-order valence-electron chi connectivity index (χ2n) is 9.23. The Balaban J connectivity index is 1.51. The number of ether oxygens (including phenoxy) is 2. The molecule has 1 aliphatic heterocycles. The SMILES string of the molecule is O=C(NNC1CC1)[C@@]1(Cc2ccccc2)N=C(c2ccc(OCCCO)cc2)O[C@H]1c1ccccc1. The summed E-state index contributed by atoms with van der Waals surface area (Å²) in [4.78, 5) is 18.9. The number of hydrazine groups is 1. The van der Waals surface area contributed by atoms with Gasteiger partial charge in [-0.05, 0) is 48.2 Å². The molecule has 7 nitrogen and oxygen atoms in total. The summed E-state index contributed by atoms with van der Waals surface area (Å²) in [7, 11) is 0. The molecule has 3 aromatic carbocycles. The lowest BCUT2D eigenvalue weighted by Gasteiger charge is -2.30. The molecule has 0 unspecified atom stereocenters. The van der Waals surface area contributed by atoms with Crippen molar-refractivity contribution >= 4 is 11.8 Å². The predicted molar refractivity (Wildman–Crippen MR) is 138 cm³/mol. The highest BCUT2D eigenvalue weighted by Gasteiger charge is 2.53. The van der Waals surface area contributed by atoms with Gasteiger partial charge in [-0.15, -0.1) is 0 Å². The van der Waals surface area contributed by atoms with E-state index in [9.17, 15) is 4.79 Å². The maximum atomic E-state index is 13.9. The number of nitrogens with zero attached hydrogens (tertiary/aromatic N) is 1. The number of aliphatic hydroxyl groups excluding tert-OH is 1. The molecule has 186 valence electrons. The van der Waals surface area contributed by atoms with E-state index in [1.807, 2.05) is 84.9 Å². The lowest BCUT2D eigenvalue weighted by Crippen LogP contribution is -2.54. The molecule has 0 saturated heterocycles. The van der Waals surface area contributed by atoms with Crippen LogP contribution in [0.3, 0.4) is 0 Å². The molecule has 36 heavy (non-hydrogen) atoms. The van der Waals surface area contributed by atoms with E-state index in [-0.39, 0.29) is 12.5 Å². The Morgan fingerprint density at radius 1 is 1.00 bits per heavy atom. The molecule has 0 spiro atoms. The van der Waals surface area contributed by atoms with Crippen LogP contribution in [0.1, 0.15) is 42.1 Å². The summed E-state index contributed by atoms with van der Waals surface area (Å²) in [6.07, 6.45) is 2.45. The number of hydrogen-bond donors (Lipinski definition) is 3. The van der Waals surface area contributed by atoms with Crippen LogP contribution in [0, 0.1) is 0 Å². The van der Waals surface area contributed by atoms with E-state index in [0.717, 1.165) is 29.5 Å².